The molecule has 0 aliphatic rings. The molecule has 0 atom stereocenters. The first-order valence-electron chi connectivity index (χ1n) is 9.51. The van der Waals surface area contributed by atoms with E-state index < -0.39 is 30.1 Å². The summed E-state index contributed by atoms with van der Waals surface area (Å²) < 4.78 is 39.9. The minimum absolute atomic E-state index is 0.0842. The zero-order chi connectivity index (χ0) is 24.1. The van der Waals surface area contributed by atoms with Gasteiger partial charge in [0.2, 0.25) is 0 Å². The van der Waals surface area contributed by atoms with E-state index in [0.717, 1.165) is 23.6 Å². The number of alkyl halides is 2. The third-order valence-corrected chi connectivity index (χ3v) is 5.85. The third-order valence-electron chi connectivity index (χ3n) is 4.45. The molecule has 0 bridgehead atoms. The number of amides is 1. The molecule has 2 aromatic heterocycles. The zero-order valence-electron chi connectivity index (χ0n) is 17.1. The fourth-order valence-corrected chi connectivity index (χ4v) is 4.05. The second-order valence-corrected chi connectivity index (χ2v) is 8.51. The number of halogens is 4. The van der Waals surface area contributed by atoms with Gasteiger partial charge >= 0.3 is 0 Å². The van der Waals surface area contributed by atoms with Gasteiger partial charge in [0.05, 0.1) is 17.0 Å². The van der Waals surface area contributed by atoms with Crippen LogP contribution in [0.1, 0.15) is 36.7 Å². The summed E-state index contributed by atoms with van der Waals surface area (Å²) in [5, 5.41) is 2.52. The van der Waals surface area contributed by atoms with Gasteiger partial charge in [-0.25, -0.2) is 13.2 Å². The quantitative estimate of drug-likeness (QED) is 0.415. The van der Waals surface area contributed by atoms with Gasteiger partial charge in [-0.2, -0.15) is 0 Å². The number of pyridine rings is 1. The summed E-state index contributed by atoms with van der Waals surface area (Å²) in [6.45, 7) is -0.969. The first kappa shape index (κ1) is 24.3. The summed E-state index contributed by atoms with van der Waals surface area (Å²) >= 11 is 7.18. The molecule has 10 heteroatoms. The molecular formula is C23H16ClF3N2O3S. The van der Waals surface area contributed by atoms with Gasteiger partial charge < -0.3 is 9.88 Å². The maximum absolute atomic E-state index is 13.8. The van der Waals surface area contributed by atoms with E-state index in [1.54, 1.807) is 24.3 Å². The lowest BCUT2D eigenvalue weighted by Gasteiger charge is -2.08. The lowest BCUT2D eigenvalue weighted by Crippen LogP contribution is -2.26. The normalized spacial score (nSPS) is 10.6. The Morgan fingerprint density at radius 1 is 1.21 bits per heavy atom. The van der Waals surface area contributed by atoms with Crippen LogP contribution in [-0.4, -0.2) is 29.7 Å². The van der Waals surface area contributed by atoms with Crippen molar-refractivity contribution >= 4 is 34.6 Å². The van der Waals surface area contributed by atoms with Crippen LogP contribution in [0.5, 0.6) is 0 Å². The minimum atomic E-state index is -2.85. The standard InChI is InChI=1S/C23H16ClF3N2O3S/c1-28-22(31)16-4-2-3-13(7-16)5-6-15-10-19(33-21(15)24)18(30)9-14-8-17(25)23(32)29(11-14)12-20(26)27/h2-4,7-8,10-11,20H,9,12H2,1H3,(H,28,31). The molecule has 3 rings (SSSR count). The molecule has 0 fully saturated rings. The Morgan fingerprint density at radius 2 is 1.97 bits per heavy atom. The Bertz CT molecular complexity index is 1340. The number of carbonyl (C=O) groups excluding carboxylic acids is 2. The van der Waals surface area contributed by atoms with Crippen molar-refractivity contribution in [2.45, 2.75) is 19.4 Å². The number of Topliss-reactive ketones (excluding diaryl/α,β-unsaturated/α-hetero) is 1. The first-order chi connectivity index (χ1) is 15.7. The van der Waals surface area contributed by atoms with Crippen molar-refractivity contribution < 1.29 is 22.8 Å². The van der Waals surface area contributed by atoms with Crippen LogP contribution in [0.15, 0.2) is 47.4 Å². The van der Waals surface area contributed by atoms with Crippen molar-refractivity contribution in [3.8, 4) is 11.8 Å². The van der Waals surface area contributed by atoms with Crippen LogP contribution in [0.25, 0.3) is 0 Å². The first-order valence-corrected chi connectivity index (χ1v) is 10.7. The van der Waals surface area contributed by atoms with Gasteiger partial charge in [-0.15, -0.1) is 11.3 Å². The highest BCUT2D eigenvalue weighted by Crippen LogP contribution is 2.28. The van der Waals surface area contributed by atoms with Gasteiger partial charge in [-0.3, -0.25) is 14.4 Å². The number of aromatic nitrogens is 1. The van der Waals surface area contributed by atoms with Crippen molar-refractivity contribution in [1.29, 1.82) is 0 Å². The largest absolute Gasteiger partial charge is 0.355 e. The van der Waals surface area contributed by atoms with E-state index in [-0.39, 0.29) is 27.1 Å². The number of hydrogen-bond acceptors (Lipinski definition) is 4. The molecule has 2 heterocycles. The maximum atomic E-state index is 13.8. The summed E-state index contributed by atoms with van der Waals surface area (Å²) in [6, 6.07) is 9.00. The van der Waals surface area contributed by atoms with E-state index >= 15 is 0 Å². The van der Waals surface area contributed by atoms with Crippen LogP contribution >= 0.6 is 22.9 Å². The maximum Gasteiger partial charge on any atom is 0.286 e. The predicted octanol–water partition coefficient (Wildman–Crippen LogP) is 4.15. The number of ketones is 1. The third kappa shape index (κ3) is 6.12. The number of hydrogen-bond donors (Lipinski definition) is 1. The smallest absolute Gasteiger partial charge is 0.286 e. The SMILES string of the molecule is CNC(=O)c1cccc(C#Cc2cc(C(=O)Cc3cc(F)c(=O)n(CC(F)F)c3)sc2Cl)c1. The molecule has 0 saturated heterocycles. The predicted molar refractivity (Wildman–Crippen MR) is 120 cm³/mol. The molecule has 0 aliphatic heterocycles. The molecule has 1 amide bonds. The molecule has 0 radical (unpaired) electrons. The van der Waals surface area contributed by atoms with Gasteiger partial charge in [0, 0.05) is 30.8 Å². The van der Waals surface area contributed by atoms with Crippen LogP contribution in [0.4, 0.5) is 13.2 Å². The van der Waals surface area contributed by atoms with Gasteiger partial charge in [0.15, 0.2) is 11.6 Å². The van der Waals surface area contributed by atoms with Crippen molar-refractivity contribution in [3.63, 3.8) is 0 Å². The van der Waals surface area contributed by atoms with Gasteiger partial charge in [0.1, 0.15) is 4.34 Å². The summed E-state index contributed by atoms with van der Waals surface area (Å²) in [4.78, 5) is 36.3. The minimum Gasteiger partial charge on any atom is -0.355 e. The van der Waals surface area contributed by atoms with Crippen LogP contribution < -0.4 is 10.9 Å². The Labute approximate surface area is 195 Å². The summed E-state index contributed by atoms with van der Waals surface area (Å²) in [5.41, 5.74) is 0.314. The molecule has 5 nitrogen and oxygen atoms in total. The second-order valence-electron chi connectivity index (χ2n) is 6.85. The molecule has 1 aromatic carbocycles. The molecule has 33 heavy (non-hydrogen) atoms. The Hall–Kier alpha value is -3.35. The molecule has 0 saturated carbocycles. The Kier molecular flexibility index (Phi) is 7.74. The van der Waals surface area contributed by atoms with Gasteiger partial charge in [-0.05, 0) is 35.9 Å². The van der Waals surface area contributed by atoms with Gasteiger partial charge in [0.25, 0.3) is 17.9 Å². The van der Waals surface area contributed by atoms with Crippen molar-refractivity contribution in [3.05, 3.63) is 90.2 Å². The summed E-state index contributed by atoms with van der Waals surface area (Å²) in [5.74, 6) is 3.84. The lowest BCUT2D eigenvalue weighted by atomic mass is 10.1. The van der Waals surface area contributed by atoms with E-state index in [1.807, 2.05) is 0 Å². The highest BCUT2D eigenvalue weighted by Gasteiger charge is 2.16. The molecule has 0 aliphatic carbocycles. The van der Waals surface area contributed by atoms with Crippen LogP contribution in [0.2, 0.25) is 4.34 Å². The van der Waals surface area contributed by atoms with E-state index in [9.17, 15) is 27.6 Å². The van der Waals surface area contributed by atoms with Crippen LogP contribution in [-0.2, 0) is 13.0 Å². The number of benzene rings is 1. The highest BCUT2D eigenvalue weighted by atomic mass is 35.5. The van der Waals surface area contributed by atoms with Crippen molar-refractivity contribution in [2.75, 3.05) is 7.05 Å². The van der Waals surface area contributed by atoms with E-state index in [0.29, 0.717) is 21.3 Å². The fraction of sp³-hybridized carbons (Fsp3) is 0.174. The monoisotopic (exact) mass is 492 g/mol. The topological polar surface area (TPSA) is 68.2 Å². The number of thiophene rings is 1. The average molecular weight is 493 g/mol. The van der Waals surface area contributed by atoms with Crippen LogP contribution in [0.3, 0.4) is 0 Å². The second kappa shape index (κ2) is 10.5. The van der Waals surface area contributed by atoms with Gasteiger partial charge in [-0.1, -0.05) is 29.5 Å². The Balaban J connectivity index is 1.81. The number of nitrogens with zero attached hydrogens (tertiary/aromatic N) is 1. The molecule has 170 valence electrons. The molecule has 1 N–H and O–H groups in total. The number of carbonyl (C=O) groups is 2. The van der Waals surface area contributed by atoms with Crippen molar-refractivity contribution in [1.82, 2.24) is 9.88 Å². The average Bonchev–Trinajstić information content (AvgIpc) is 3.15. The van der Waals surface area contributed by atoms with Crippen LogP contribution in [0, 0.1) is 17.7 Å². The van der Waals surface area contributed by atoms with E-state index in [1.165, 1.54) is 13.1 Å². The van der Waals surface area contributed by atoms with E-state index in [2.05, 4.69) is 17.2 Å². The lowest BCUT2D eigenvalue weighted by molar-refractivity contribution is 0.0961. The Morgan fingerprint density at radius 3 is 2.67 bits per heavy atom. The highest BCUT2D eigenvalue weighted by molar-refractivity contribution is 7.18. The number of rotatable bonds is 6. The molecule has 0 unspecified atom stereocenters. The molecular weight excluding hydrogens is 477 g/mol. The zero-order valence-corrected chi connectivity index (χ0v) is 18.7. The van der Waals surface area contributed by atoms with E-state index in [4.69, 9.17) is 11.6 Å². The summed E-state index contributed by atoms with van der Waals surface area (Å²) in [6.07, 6.45) is -2.11. The number of nitrogens with one attached hydrogen (secondary N) is 1. The summed E-state index contributed by atoms with van der Waals surface area (Å²) in [7, 11) is 1.52. The molecule has 3 aromatic rings. The van der Waals surface area contributed by atoms with Crippen molar-refractivity contribution in [2.24, 2.45) is 0 Å². The molecule has 0 spiro atoms. The fourth-order valence-electron chi connectivity index (χ4n) is 2.92.